The molecule has 1 aliphatic carbocycles. The van der Waals surface area contributed by atoms with Crippen LogP contribution >= 0.6 is 11.6 Å². The summed E-state index contributed by atoms with van der Waals surface area (Å²) >= 11 is 5.88. The highest BCUT2D eigenvalue weighted by molar-refractivity contribution is 6.30. The van der Waals surface area contributed by atoms with Gasteiger partial charge >= 0.3 is 0 Å². The lowest BCUT2D eigenvalue weighted by Gasteiger charge is -2.01. The molecule has 23 heavy (non-hydrogen) atoms. The van der Waals surface area contributed by atoms with Crippen LogP contribution in [0.15, 0.2) is 53.6 Å². The van der Waals surface area contributed by atoms with Crippen LogP contribution in [0.25, 0.3) is 0 Å². The van der Waals surface area contributed by atoms with Crippen LogP contribution < -0.4 is 10.2 Å². The molecule has 0 spiro atoms. The highest BCUT2D eigenvalue weighted by Crippen LogP contribution is 2.47. The molecular formula is C18H17ClN2O2. The van der Waals surface area contributed by atoms with E-state index in [-0.39, 0.29) is 17.7 Å². The molecule has 2 unspecified atom stereocenters. The predicted molar refractivity (Wildman–Crippen MR) is 91.0 cm³/mol. The van der Waals surface area contributed by atoms with Crippen molar-refractivity contribution in [1.82, 2.24) is 5.43 Å². The lowest BCUT2D eigenvalue weighted by Crippen LogP contribution is -2.20. The first-order valence-corrected chi connectivity index (χ1v) is 7.77. The molecule has 5 heteroatoms. The molecule has 2 aromatic rings. The van der Waals surface area contributed by atoms with Gasteiger partial charge in [0, 0.05) is 10.9 Å². The number of hydrogen-bond acceptors (Lipinski definition) is 3. The smallest absolute Gasteiger partial charge is 0.243 e. The molecule has 118 valence electrons. The molecule has 1 N–H and O–H groups in total. The second-order valence-corrected chi connectivity index (χ2v) is 5.95. The molecule has 2 aromatic carbocycles. The molecule has 4 nitrogen and oxygen atoms in total. The Morgan fingerprint density at radius 1 is 1.30 bits per heavy atom. The number of carbonyl (C=O) groups is 1. The Bertz CT molecular complexity index is 728. The molecule has 0 heterocycles. The van der Waals surface area contributed by atoms with Crippen LogP contribution in [0.2, 0.25) is 5.02 Å². The molecule has 0 saturated heterocycles. The summed E-state index contributed by atoms with van der Waals surface area (Å²) in [5.41, 5.74) is 4.62. The molecule has 1 amide bonds. The summed E-state index contributed by atoms with van der Waals surface area (Å²) in [5, 5.41) is 4.73. The zero-order chi connectivity index (χ0) is 16.2. The largest absolute Gasteiger partial charge is 0.497 e. The SMILES string of the molecule is COc1cccc(/C=N/NC(=O)C2CC2c2ccc(Cl)cc2)c1. The zero-order valence-corrected chi connectivity index (χ0v) is 13.5. The number of amides is 1. The van der Waals surface area contributed by atoms with Gasteiger partial charge in [0.05, 0.1) is 13.3 Å². The van der Waals surface area contributed by atoms with E-state index in [0.29, 0.717) is 5.02 Å². The standard InChI is InChI=1S/C18H17ClN2O2/c1-23-15-4-2-3-12(9-15)11-20-21-18(22)17-10-16(17)13-5-7-14(19)8-6-13/h2-9,11,16-17H,10H2,1H3,(H,21,22)/b20-11+. The Labute approximate surface area is 140 Å². The van der Waals surface area contributed by atoms with Gasteiger partial charge in [-0.15, -0.1) is 0 Å². The van der Waals surface area contributed by atoms with Crippen molar-refractivity contribution in [3.63, 3.8) is 0 Å². The van der Waals surface area contributed by atoms with Gasteiger partial charge in [0.25, 0.3) is 0 Å². The number of nitrogens with zero attached hydrogens (tertiary/aromatic N) is 1. The van der Waals surface area contributed by atoms with Crippen LogP contribution in [0.4, 0.5) is 0 Å². The van der Waals surface area contributed by atoms with E-state index in [2.05, 4.69) is 10.5 Å². The Morgan fingerprint density at radius 2 is 2.09 bits per heavy atom. The van der Waals surface area contributed by atoms with Crippen molar-refractivity contribution in [2.75, 3.05) is 7.11 Å². The number of rotatable bonds is 5. The summed E-state index contributed by atoms with van der Waals surface area (Å²) in [7, 11) is 1.61. The summed E-state index contributed by atoms with van der Waals surface area (Å²) in [6.07, 6.45) is 2.46. The van der Waals surface area contributed by atoms with Crippen molar-refractivity contribution in [2.45, 2.75) is 12.3 Å². The maximum Gasteiger partial charge on any atom is 0.243 e. The van der Waals surface area contributed by atoms with Gasteiger partial charge in [0.15, 0.2) is 0 Å². The van der Waals surface area contributed by atoms with Crippen LogP contribution in [0.1, 0.15) is 23.5 Å². The van der Waals surface area contributed by atoms with Gasteiger partial charge < -0.3 is 4.74 Å². The van der Waals surface area contributed by atoms with Crippen LogP contribution in [0.3, 0.4) is 0 Å². The van der Waals surface area contributed by atoms with Crippen LogP contribution in [0, 0.1) is 5.92 Å². The molecule has 1 fully saturated rings. The van der Waals surface area contributed by atoms with E-state index in [1.807, 2.05) is 48.5 Å². The number of benzene rings is 2. The molecule has 0 bridgehead atoms. The van der Waals surface area contributed by atoms with Gasteiger partial charge in [-0.1, -0.05) is 35.9 Å². The number of hydrogen-bond donors (Lipinski definition) is 1. The second-order valence-electron chi connectivity index (χ2n) is 5.51. The van der Waals surface area contributed by atoms with E-state index in [1.165, 1.54) is 0 Å². The van der Waals surface area contributed by atoms with Gasteiger partial charge in [0.2, 0.25) is 5.91 Å². The fraction of sp³-hybridized carbons (Fsp3) is 0.222. The molecular weight excluding hydrogens is 312 g/mol. The molecule has 0 radical (unpaired) electrons. The van der Waals surface area contributed by atoms with Gasteiger partial charge in [0.1, 0.15) is 5.75 Å². The first-order chi connectivity index (χ1) is 11.2. The van der Waals surface area contributed by atoms with Crippen molar-refractivity contribution in [3.8, 4) is 5.75 Å². The van der Waals surface area contributed by atoms with Crippen molar-refractivity contribution < 1.29 is 9.53 Å². The van der Waals surface area contributed by atoms with Gasteiger partial charge in [-0.05, 0) is 47.7 Å². The summed E-state index contributed by atoms with van der Waals surface area (Å²) in [4.78, 5) is 12.1. The minimum atomic E-state index is -0.0518. The third kappa shape index (κ3) is 3.90. The van der Waals surface area contributed by atoms with Crippen LogP contribution in [-0.2, 0) is 4.79 Å². The van der Waals surface area contributed by atoms with E-state index < -0.39 is 0 Å². The van der Waals surface area contributed by atoms with Gasteiger partial charge in [-0.3, -0.25) is 4.79 Å². The maximum atomic E-state index is 12.1. The lowest BCUT2D eigenvalue weighted by molar-refractivity contribution is -0.122. The first-order valence-electron chi connectivity index (χ1n) is 7.40. The summed E-state index contributed by atoms with van der Waals surface area (Å²) < 4.78 is 5.14. The average molecular weight is 329 g/mol. The van der Waals surface area contributed by atoms with E-state index in [4.69, 9.17) is 16.3 Å². The first kappa shape index (κ1) is 15.6. The summed E-state index contributed by atoms with van der Waals surface area (Å²) in [5.74, 6) is 0.951. The van der Waals surface area contributed by atoms with E-state index in [1.54, 1.807) is 13.3 Å². The molecule has 1 aliphatic rings. The normalized spacial score (nSPS) is 19.6. The zero-order valence-electron chi connectivity index (χ0n) is 12.7. The Morgan fingerprint density at radius 3 is 2.83 bits per heavy atom. The van der Waals surface area contributed by atoms with Gasteiger partial charge in [-0.2, -0.15) is 5.10 Å². The quantitative estimate of drug-likeness (QED) is 0.673. The van der Waals surface area contributed by atoms with E-state index >= 15 is 0 Å². The Hall–Kier alpha value is -2.33. The topological polar surface area (TPSA) is 50.7 Å². The minimum Gasteiger partial charge on any atom is -0.497 e. The number of methoxy groups -OCH3 is 1. The Kier molecular flexibility index (Phi) is 4.63. The highest BCUT2D eigenvalue weighted by atomic mass is 35.5. The number of carbonyl (C=O) groups excluding carboxylic acids is 1. The minimum absolute atomic E-state index is 0.0152. The van der Waals surface area contributed by atoms with Crippen LogP contribution in [-0.4, -0.2) is 19.2 Å². The van der Waals surface area contributed by atoms with Crippen molar-refractivity contribution in [2.24, 2.45) is 11.0 Å². The fourth-order valence-corrected chi connectivity index (χ4v) is 2.66. The summed E-state index contributed by atoms with van der Waals surface area (Å²) in [6, 6.07) is 15.1. The molecule has 3 rings (SSSR count). The fourth-order valence-electron chi connectivity index (χ4n) is 2.54. The molecule has 1 saturated carbocycles. The van der Waals surface area contributed by atoms with Crippen molar-refractivity contribution >= 4 is 23.7 Å². The Balaban J connectivity index is 1.54. The monoisotopic (exact) mass is 328 g/mol. The van der Waals surface area contributed by atoms with Crippen molar-refractivity contribution in [3.05, 3.63) is 64.7 Å². The molecule has 0 aliphatic heterocycles. The molecule has 0 aromatic heterocycles. The average Bonchev–Trinajstić information content (AvgIpc) is 3.36. The second kappa shape index (κ2) is 6.84. The summed E-state index contributed by atoms with van der Waals surface area (Å²) in [6.45, 7) is 0. The predicted octanol–water partition coefficient (Wildman–Crippen LogP) is 3.60. The van der Waals surface area contributed by atoms with Crippen LogP contribution in [0.5, 0.6) is 5.75 Å². The maximum absolute atomic E-state index is 12.1. The number of hydrazone groups is 1. The number of halogens is 1. The third-order valence-corrected chi connectivity index (χ3v) is 4.16. The lowest BCUT2D eigenvalue weighted by atomic mass is 10.1. The van der Waals surface area contributed by atoms with E-state index in [0.717, 1.165) is 23.3 Å². The molecule has 2 atom stereocenters. The number of nitrogens with one attached hydrogen (secondary N) is 1. The third-order valence-electron chi connectivity index (χ3n) is 3.91. The number of ether oxygens (including phenoxy) is 1. The van der Waals surface area contributed by atoms with E-state index in [9.17, 15) is 4.79 Å². The highest BCUT2D eigenvalue weighted by Gasteiger charge is 2.43. The van der Waals surface area contributed by atoms with Crippen molar-refractivity contribution in [1.29, 1.82) is 0 Å². The van der Waals surface area contributed by atoms with Gasteiger partial charge in [-0.25, -0.2) is 5.43 Å².